The third-order valence-corrected chi connectivity index (χ3v) is 3.59. The zero-order valence-electron chi connectivity index (χ0n) is 10.1. The maximum Gasteiger partial charge on any atom is 0.411 e. The average molecular weight is 282 g/mol. The van der Waals surface area contributed by atoms with E-state index in [-0.39, 0.29) is 12.6 Å². The second-order valence-electron chi connectivity index (χ2n) is 3.92. The van der Waals surface area contributed by atoms with Crippen molar-refractivity contribution in [3.63, 3.8) is 0 Å². The van der Waals surface area contributed by atoms with E-state index in [9.17, 15) is 13.2 Å². The van der Waals surface area contributed by atoms with Crippen LogP contribution in [-0.2, 0) is 17.6 Å². The van der Waals surface area contributed by atoms with Crippen molar-refractivity contribution in [3.05, 3.63) is 21.9 Å². The van der Waals surface area contributed by atoms with Crippen LogP contribution in [0, 0.1) is 0 Å². The van der Waals surface area contributed by atoms with Gasteiger partial charge in [-0.15, -0.1) is 11.3 Å². The van der Waals surface area contributed by atoms with Crippen LogP contribution in [0.15, 0.2) is 12.1 Å². The Morgan fingerprint density at radius 3 is 2.56 bits per heavy atom. The molecule has 0 aromatic carbocycles. The van der Waals surface area contributed by atoms with Gasteiger partial charge in [-0.05, 0) is 18.6 Å². The molecule has 0 radical (unpaired) electrons. The summed E-state index contributed by atoms with van der Waals surface area (Å²) >= 11 is 1.64. The average Bonchev–Trinajstić information content (AvgIpc) is 2.74. The molecule has 0 aliphatic rings. The number of aryl methyl sites for hydroxylation is 1. The molecule has 0 saturated carbocycles. The van der Waals surface area contributed by atoms with Crippen LogP contribution in [-0.4, -0.2) is 25.4 Å². The van der Waals surface area contributed by atoms with Gasteiger partial charge in [0.25, 0.3) is 0 Å². The number of nitrogens with two attached hydrogens (primary N) is 1. The van der Waals surface area contributed by atoms with E-state index in [0.29, 0.717) is 6.42 Å². The number of halogens is 3. The number of hydrazine groups is 1. The number of ether oxygens (including phenoxy) is 1. The van der Waals surface area contributed by atoms with Crippen molar-refractivity contribution < 1.29 is 17.9 Å². The van der Waals surface area contributed by atoms with Crippen molar-refractivity contribution in [2.45, 2.75) is 32.0 Å². The van der Waals surface area contributed by atoms with E-state index in [4.69, 9.17) is 5.84 Å². The number of hydrogen-bond acceptors (Lipinski definition) is 4. The van der Waals surface area contributed by atoms with Crippen LogP contribution in [0.4, 0.5) is 13.2 Å². The molecule has 0 aliphatic carbocycles. The number of rotatable bonds is 7. The van der Waals surface area contributed by atoms with Gasteiger partial charge in [0.1, 0.15) is 6.61 Å². The molecule has 0 fully saturated rings. The fraction of sp³-hybridized carbons (Fsp3) is 0.636. The Hall–Kier alpha value is -0.630. The summed E-state index contributed by atoms with van der Waals surface area (Å²) in [6.07, 6.45) is -2.77. The second-order valence-corrected chi connectivity index (χ2v) is 5.17. The molecule has 1 aromatic heterocycles. The molecule has 0 aliphatic heterocycles. The van der Waals surface area contributed by atoms with Crippen LogP contribution in [0.2, 0.25) is 0 Å². The van der Waals surface area contributed by atoms with Crippen molar-refractivity contribution in [3.8, 4) is 0 Å². The van der Waals surface area contributed by atoms with E-state index in [1.54, 1.807) is 11.3 Å². The largest absolute Gasteiger partial charge is 0.411 e. The molecule has 1 atom stereocenters. The topological polar surface area (TPSA) is 47.3 Å². The Bertz CT molecular complexity index is 354. The van der Waals surface area contributed by atoms with Crippen molar-refractivity contribution in [2.75, 3.05) is 13.2 Å². The van der Waals surface area contributed by atoms with Gasteiger partial charge in [0.05, 0.1) is 6.61 Å². The standard InChI is InChI=1S/C11H17F3N2OS/c1-2-9-3-4-10(18-9)5-8(16-15)6-17-7-11(12,13)14/h3-4,8,16H,2,5-7,15H2,1H3. The molecule has 0 bridgehead atoms. The molecule has 0 amide bonds. The predicted molar refractivity (Wildman–Crippen MR) is 65.4 cm³/mol. The highest BCUT2D eigenvalue weighted by atomic mass is 32.1. The summed E-state index contributed by atoms with van der Waals surface area (Å²) in [5.74, 6) is 5.30. The van der Waals surface area contributed by atoms with Crippen molar-refractivity contribution in [1.82, 2.24) is 5.43 Å². The summed E-state index contributed by atoms with van der Waals surface area (Å²) in [4.78, 5) is 2.34. The maximum absolute atomic E-state index is 11.9. The summed E-state index contributed by atoms with van der Waals surface area (Å²) in [5.41, 5.74) is 2.48. The third kappa shape index (κ3) is 5.81. The van der Waals surface area contributed by atoms with Gasteiger partial charge in [0.2, 0.25) is 0 Å². The number of hydrogen-bond donors (Lipinski definition) is 2. The molecule has 0 spiro atoms. The molecule has 18 heavy (non-hydrogen) atoms. The summed E-state index contributed by atoms with van der Waals surface area (Å²) in [7, 11) is 0. The summed E-state index contributed by atoms with van der Waals surface area (Å²) < 4.78 is 40.3. The fourth-order valence-electron chi connectivity index (χ4n) is 1.45. The first-order valence-electron chi connectivity index (χ1n) is 5.62. The summed E-state index contributed by atoms with van der Waals surface area (Å²) in [6.45, 7) is 0.756. The highest BCUT2D eigenvalue weighted by Gasteiger charge is 2.27. The normalized spacial score (nSPS) is 13.8. The summed E-state index contributed by atoms with van der Waals surface area (Å²) in [5, 5.41) is 0. The predicted octanol–water partition coefficient (Wildman–Crippen LogP) is 2.26. The van der Waals surface area contributed by atoms with E-state index in [0.717, 1.165) is 11.3 Å². The minimum Gasteiger partial charge on any atom is -0.370 e. The van der Waals surface area contributed by atoms with Gasteiger partial charge < -0.3 is 4.74 Å². The first kappa shape index (κ1) is 15.4. The Kier molecular flexibility index (Phi) is 6.07. The molecule has 104 valence electrons. The maximum atomic E-state index is 11.9. The van der Waals surface area contributed by atoms with Crippen LogP contribution < -0.4 is 11.3 Å². The Labute approximate surface area is 108 Å². The fourth-order valence-corrected chi connectivity index (χ4v) is 2.49. The zero-order valence-corrected chi connectivity index (χ0v) is 10.9. The molecule has 3 N–H and O–H groups in total. The van der Waals surface area contributed by atoms with Crippen LogP contribution in [0.5, 0.6) is 0 Å². The highest BCUT2D eigenvalue weighted by molar-refractivity contribution is 7.11. The van der Waals surface area contributed by atoms with Gasteiger partial charge in [0.15, 0.2) is 0 Å². The molecule has 3 nitrogen and oxygen atoms in total. The first-order valence-corrected chi connectivity index (χ1v) is 6.44. The van der Waals surface area contributed by atoms with E-state index in [1.807, 2.05) is 12.1 Å². The van der Waals surface area contributed by atoms with Crippen LogP contribution in [0.1, 0.15) is 16.7 Å². The van der Waals surface area contributed by atoms with Crippen LogP contribution in [0.3, 0.4) is 0 Å². The smallest absolute Gasteiger partial charge is 0.370 e. The lowest BCUT2D eigenvalue weighted by molar-refractivity contribution is -0.175. The van der Waals surface area contributed by atoms with Crippen molar-refractivity contribution >= 4 is 11.3 Å². The van der Waals surface area contributed by atoms with Crippen LogP contribution >= 0.6 is 11.3 Å². The zero-order chi connectivity index (χ0) is 13.6. The molecular weight excluding hydrogens is 265 g/mol. The quantitative estimate of drug-likeness (QED) is 0.596. The van der Waals surface area contributed by atoms with Gasteiger partial charge in [-0.1, -0.05) is 6.92 Å². The lowest BCUT2D eigenvalue weighted by atomic mass is 10.2. The van der Waals surface area contributed by atoms with Crippen molar-refractivity contribution in [1.29, 1.82) is 0 Å². The molecule has 0 saturated heterocycles. The molecule has 1 aromatic rings. The SMILES string of the molecule is CCc1ccc(CC(COCC(F)(F)F)NN)s1. The minimum absolute atomic E-state index is 0.0602. The summed E-state index contributed by atoms with van der Waals surface area (Å²) in [6, 6.07) is 3.68. The minimum atomic E-state index is -4.29. The van der Waals surface area contributed by atoms with Crippen molar-refractivity contribution in [2.24, 2.45) is 5.84 Å². The number of alkyl halides is 3. The monoisotopic (exact) mass is 282 g/mol. The molecule has 1 heterocycles. The van der Waals surface area contributed by atoms with Gasteiger partial charge in [-0.3, -0.25) is 11.3 Å². The Morgan fingerprint density at radius 1 is 1.39 bits per heavy atom. The van der Waals surface area contributed by atoms with Gasteiger partial charge >= 0.3 is 6.18 Å². The van der Waals surface area contributed by atoms with E-state index < -0.39 is 12.8 Å². The number of thiophene rings is 1. The first-order chi connectivity index (χ1) is 8.44. The van der Waals surface area contributed by atoms with Gasteiger partial charge in [0, 0.05) is 22.2 Å². The van der Waals surface area contributed by atoms with E-state index >= 15 is 0 Å². The Morgan fingerprint density at radius 2 is 2.06 bits per heavy atom. The van der Waals surface area contributed by atoms with Crippen LogP contribution in [0.25, 0.3) is 0 Å². The third-order valence-electron chi connectivity index (χ3n) is 2.33. The Balaban J connectivity index is 2.37. The highest BCUT2D eigenvalue weighted by Crippen LogP contribution is 2.19. The van der Waals surface area contributed by atoms with Gasteiger partial charge in [-0.25, -0.2) is 0 Å². The molecule has 1 rings (SSSR count). The van der Waals surface area contributed by atoms with E-state index in [2.05, 4.69) is 17.1 Å². The van der Waals surface area contributed by atoms with Gasteiger partial charge in [-0.2, -0.15) is 13.2 Å². The second kappa shape index (κ2) is 7.08. The lowest BCUT2D eigenvalue weighted by Gasteiger charge is -2.16. The molecule has 1 unspecified atom stereocenters. The number of nitrogens with one attached hydrogen (secondary N) is 1. The molecular formula is C11H17F3N2OS. The molecule has 7 heteroatoms. The lowest BCUT2D eigenvalue weighted by Crippen LogP contribution is -2.40. The van der Waals surface area contributed by atoms with E-state index in [1.165, 1.54) is 4.88 Å².